The highest BCUT2D eigenvalue weighted by Crippen LogP contribution is 2.44. The number of hydrogen-bond acceptors (Lipinski definition) is 6. The number of aromatic nitrogens is 3. The van der Waals surface area contributed by atoms with Gasteiger partial charge >= 0.3 is 0 Å². The molecule has 0 spiro atoms. The highest BCUT2D eigenvalue weighted by atomic mass is 32.2. The number of hydrogen-bond donors (Lipinski definition) is 0. The van der Waals surface area contributed by atoms with E-state index in [1.807, 2.05) is 11.8 Å². The van der Waals surface area contributed by atoms with Crippen LogP contribution in [0.3, 0.4) is 0 Å². The maximum absolute atomic E-state index is 5.49. The fourth-order valence-corrected chi connectivity index (χ4v) is 6.55. The van der Waals surface area contributed by atoms with Crippen LogP contribution in [0.4, 0.5) is 5.69 Å². The summed E-state index contributed by atoms with van der Waals surface area (Å²) in [6.07, 6.45) is 4.61. The molecule has 3 aliphatic heterocycles. The lowest BCUT2D eigenvalue weighted by molar-refractivity contribution is 0.0828. The van der Waals surface area contributed by atoms with Gasteiger partial charge in [0.15, 0.2) is 5.16 Å². The normalized spacial score (nSPS) is 27.2. The molecule has 3 aliphatic rings. The van der Waals surface area contributed by atoms with Crippen molar-refractivity contribution in [1.82, 2.24) is 19.7 Å². The van der Waals surface area contributed by atoms with Gasteiger partial charge in [-0.2, -0.15) is 0 Å². The average molecular weight is 442 g/mol. The summed E-state index contributed by atoms with van der Waals surface area (Å²) in [6.45, 7) is 8.96. The van der Waals surface area contributed by atoms with Gasteiger partial charge in [-0.25, -0.2) is 0 Å². The largest absolute Gasteiger partial charge is 0.381 e. The summed E-state index contributed by atoms with van der Waals surface area (Å²) in [5, 5.41) is 10.0. The summed E-state index contributed by atoms with van der Waals surface area (Å²) in [5.41, 5.74) is 1.81. The van der Waals surface area contributed by atoms with Crippen LogP contribution in [0.1, 0.15) is 44.3 Å². The number of thioether (sulfide) groups is 1. The molecule has 0 aliphatic carbocycles. The number of benzene rings is 1. The van der Waals surface area contributed by atoms with Gasteiger partial charge in [0.25, 0.3) is 0 Å². The highest BCUT2D eigenvalue weighted by Gasteiger charge is 2.49. The van der Waals surface area contributed by atoms with E-state index in [1.165, 1.54) is 44.7 Å². The lowest BCUT2D eigenvalue weighted by Gasteiger charge is -2.29. The minimum atomic E-state index is 0.422. The maximum Gasteiger partial charge on any atom is 0.190 e. The molecule has 168 valence electrons. The third kappa shape index (κ3) is 4.37. The molecule has 31 heavy (non-hydrogen) atoms. The van der Waals surface area contributed by atoms with E-state index >= 15 is 0 Å². The fourth-order valence-electron chi connectivity index (χ4n) is 5.71. The first-order valence-corrected chi connectivity index (χ1v) is 12.8. The smallest absolute Gasteiger partial charge is 0.190 e. The second-order valence-electron chi connectivity index (χ2n) is 9.67. The monoisotopic (exact) mass is 441 g/mol. The van der Waals surface area contributed by atoms with Crippen molar-refractivity contribution in [2.75, 3.05) is 50.0 Å². The van der Waals surface area contributed by atoms with Crippen molar-refractivity contribution >= 4 is 17.4 Å². The Morgan fingerprint density at radius 3 is 2.77 bits per heavy atom. The van der Waals surface area contributed by atoms with E-state index in [9.17, 15) is 0 Å². The van der Waals surface area contributed by atoms with Crippen LogP contribution in [0.2, 0.25) is 0 Å². The van der Waals surface area contributed by atoms with E-state index in [0.717, 1.165) is 42.8 Å². The molecule has 2 unspecified atom stereocenters. The molecule has 1 aromatic carbocycles. The SMILES string of the molecule is Cn1c(SCCCN2CC3N(c4ccccc4)CCC3(C)C2)nnc1C1CCOCC1. The minimum absolute atomic E-state index is 0.422. The number of anilines is 1. The molecule has 2 atom stereocenters. The molecular formula is C24H35N5OS. The van der Waals surface area contributed by atoms with Crippen molar-refractivity contribution in [2.24, 2.45) is 12.5 Å². The van der Waals surface area contributed by atoms with Gasteiger partial charge in [-0.05, 0) is 44.4 Å². The first-order valence-electron chi connectivity index (χ1n) is 11.8. The molecule has 6 nitrogen and oxygen atoms in total. The second kappa shape index (κ2) is 9.12. The molecule has 0 N–H and O–H groups in total. The fraction of sp³-hybridized carbons (Fsp3) is 0.667. The van der Waals surface area contributed by atoms with E-state index in [4.69, 9.17) is 4.74 Å². The quantitative estimate of drug-likeness (QED) is 0.481. The number of rotatable bonds is 7. The van der Waals surface area contributed by atoms with Crippen LogP contribution in [0, 0.1) is 5.41 Å². The van der Waals surface area contributed by atoms with Gasteiger partial charge in [-0.3, -0.25) is 0 Å². The molecule has 5 rings (SSSR count). The molecule has 2 aromatic rings. The number of likely N-dealkylation sites (tertiary alicyclic amines) is 1. The standard InChI is InChI=1S/C24H35N5OS/c1-24-11-13-29(20-7-4-3-5-8-20)21(24)17-28(18-24)12-6-16-31-23-26-25-22(27(23)2)19-9-14-30-15-10-19/h3-5,7-8,19,21H,6,9-18H2,1-2H3. The van der Waals surface area contributed by atoms with Crippen LogP contribution < -0.4 is 4.90 Å². The first-order chi connectivity index (χ1) is 15.1. The summed E-state index contributed by atoms with van der Waals surface area (Å²) < 4.78 is 7.70. The Labute approximate surface area is 190 Å². The Balaban J connectivity index is 1.11. The van der Waals surface area contributed by atoms with E-state index < -0.39 is 0 Å². The highest BCUT2D eigenvalue weighted by molar-refractivity contribution is 7.99. The van der Waals surface area contributed by atoms with Crippen molar-refractivity contribution in [2.45, 2.75) is 49.7 Å². The van der Waals surface area contributed by atoms with Crippen molar-refractivity contribution in [3.8, 4) is 0 Å². The minimum Gasteiger partial charge on any atom is -0.381 e. The zero-order valence-corrected chi connectivity index (χ0v) is 19.7. The average Bonchev–Trinajstić information content (AvgIpc) is 3.42. The molecule has 7 heteroatoms. The summed E-state index contributed by atoms with van der Waals surface area (Å²) in [6, 6.07) is 11.6. The van der Waals surface area contributed by atoms with Crippen molar-refractivity contribution < 1.29 is 4.74 Å². The predicted octanol–water partition coefficient (Wildman–Crippen LogP) is 3.79. The summed E-state index contributed by atoms with van der Waals surface area (Å²) >= 11 is 1.85. The van der Waals surface area contributed by atoms with E-state index in [1.54, 1.807) is 0 Å². The number of nitrogens with zero attached hydrogens (tertiary/aromatic N) is 5. The number of ether oxygens (including phenoxy) is 1. The maximum atomic E-state index is 5.49. The third-order valence-corrected chi connectivity index (χ3v) is 8.62. The zero-order chi connectivity index (χ0) is 21.3. The van der Waals surface area contributed by atoms with Gasteiger partial charge in [-0.15, -0.1) is 10.2 Å². The first kappa shape index (κ1) is 21.3. The summed E-state index contributed by atoms with van der Waals surface area (Å²) in [7, 11) is 2.12. The van der Waals surface area contributed by atoms with Gasteiger partial charge in [0.05, 0.1) is 0 Å². The Bertz CT molecular complexity index is 868. The molecule has 3 fully saturated rings. The lowest BCUT2D eigenvalue weighted by atomic mass is 9.85. The topological polar surface area (TPSA) is 46.4 Å². The molecule has 3 saturated heterocycles. The molecular weight excluding hydrogens is 406 g/mol. The molecule has 1 aromatic heterocycles. The van der Waals surface area contributed by atoms with Crippen LogP contribution in [0.25, 0.3) is 0 Å². The third-order valence-electron chi connectivity index (χ3n) is 7.51. The lowest BCUT2D eigenvalue weighted by Crippen LogP contribution is -2.37. The molecule has 0 saturated carbocycles. The Kier molecular flexibility index (Phi) is 6.26. The van der Waals surface area contributed by atoms with Gasteiger partial charge in [-0.1, -0.05) is 36.9 Å². The van der Waals surface area contributed by atoms with Gasteiger partial charge in [0.1, 0.15) is 5.82 Å². The van der Waals surface area contributed by atoms with Crippen LogP contribution in [-0.4, -0.2) is 70.9 Å². The summed E-state index contributed by atoms with van der Waals surface area (Å²) in [4.78, 5) is 5.33. The van der Waals surface area contributed by atoms with Crippen LogP contribution in [0.15, 0.2) is 35.5 Å². The number of fused-ring (bicyclic) bond motifs is 1. The van der Waals surface area contributed by atoms with Gasteiger partial charge in [0.2, 0.25) is 0 Å². The molecule has 0 amide bonds. The van der Waals surface area contributed by atoms with Crippen LogP contribution >= 0.6 is 11.8 Å². The van der Waals surface area contributed by atoms with Gasteiger partial charge in [0, 0.05) is 68.7 Å². The molecule has 4 heterocycles. The second-order valence-corrected chi connectivity index (χ2v) is 10.7. The van der Waals surface area contributed by atoms with Crippen LogP contribution in [-0.2, 0) is 11.8 Å². The van der Waals surface area contributed by atoms with Gasteiger partial charge < -0.3 is 19.1 Å². The Morgan fingerprint density at radius 1 is 1.16 bits per heavy atom. The van der Waals surface area contributed by atoms with Crippen LogP contribution in [0.5, 0.6) is 0 Å². The molecule has 0 bridgehead atoms. The zero-order valence-electron chi connectivity index (χ0n) is 18.9. The Hall–Kier alpha value is -1.57. The van der Waals surface area contributed by atoms with E-state index in [2.05, 4.69) is 68.9 Å². The van der Waals surface area contributed by atoms with Crippen molar-refractivity contribution in [3.05, 3.63) is 36.2 Å². The summed E-state index contributed by atoms with van der Waals surface area (Å²) in [5.74, 6) is 2.73. The van der Waals surface area contributed by atoms with Crippen molar-refractivity contribution in [3.63, 3.8) is 0 Å². The molecule has 0 radical (unpaired) electrons. The van der Waals surface area contributed by atoms with E-state index in [-0.39, 0.29) is 0 Å². The predicted molar refractivity (Wildman–Crippen MR) is 126 cm³/mol. The van der Waals surface area contributed by atoms with Crippen molar-refractivity contribution in [1.29, 1.82) is 0 Å². The Morgan fingerprint density at radius 2 is 1.97 bits per heavy atom. The van der Waals surface area contributed by atoms with E-state index in [0.29, 0.717) is 17.4 Å². The number of para-hydroxylation sites is 1.